The Bertz CT molecular complexity index is 349. The topological polar surface area (TPSA) is 21.3 Å². The van der Waals surface area contributed by atoms with Gasteiger partial charge in [-0.25, -0.2) is 0 Å². The number of rotatable bonds is 2. The van der Waals surface area contributed by atoms with Crippen molar-refractivity contribution in [1.29, 1.82) is 0 Å². The molecule has 2 rings (SSSR count). The molecule has 2 heteroatoms. The Hall–Kier alpha value is -1.28. The van der Waals surface area contributed by atoms with Crippen LogP contribution in [-0.4, -0.2) is 20.2 Å². The Morgan fingerprint density at radius 2 is 2.07 bits per heavy atom. The molecule has 80 valence electrons. The minimum absolute atomic E-state index is 0.929. The Morgan fingerprint density at radius 3 is 2.80 bits per heavy atom. The molecule has 1 aliphatic rings. The van der Waals surface area contributed by atoms with Gasteiger partial charge in [0.1, 0.15) is 5.75 Å². The van der Waals surface area contributed by atoms with Gasteiger partial charge >= 0.3 is 0 Å². The SMILES string of the molecule is COc1cccc(C=C2CCNCC2)c1. The van der Waals surface area contributed by atoms with E-state index in [1.54, 1.807) is 7.11 Å². The van der Waals surface area contributed by atoms with Gasteiger partial charge in [-0.05, 0) is 43.6 Å². The number of methoxy groups -OCH3 is 1. The molecular weight excluding hydrogens is 186 g/mol. The fourth-order valence-corrected chi connectivity index (χ4v) is 1.86. The molecule has 1 heterocycles. The lowest BCUT2D eigenvalue weighted by Gasteiger charge is -2.15. The van der Waals surface area contributed by atoms with Gasteiger partial charge in [-0.15, -0.1) is 0 Å². The maximum Gasteiger partial charge on any atom is 0.119 e. The quantitative estimate of drug-likeness (QED) is 0.797. The Labute approximate surface area is 91.0 Å². The lowest BCUT2D eigenvalue weighted by molar-refractivity contribution is 0.414. The van der Waals surface area contributed by atoms with Crippen LogP contribution in [0.1, 0.15) is 18.4 Å². The number of piperidine rings is 1. The molecule has 1 aliphatic heterocycles. The van der Waals surface area contributed by atoms with Gasteiger partial charge in [0, 0.05) is 0 Å². The van der Waals surface area contributed by atoms with Crippen molar-refractivity contribution >= 4 is 6.08 Å². The molecule has 1 saturated heterocycles. The van der Waals surface area contributed by atoms with Crippen molar-refractivity contribution in [1.82, 2.24) is 5.32 Å². The largest absolute Gasteiger partial charge is 0.497 e. The zero-order chi connectivity index (χ0) is 10.5. The average Bonchev–Trinajstić information content (AvgIpc) is 2.31. The zero-order valence-corrected chi connectivity index (χ0v) is 9.12. The normalized spacial score (nSPS) is 16.2. The fourth-order valence-electron chi connectivity index (χ4n) is 1.86. The second kappa shape index (κ2) is 4.99. The van der Waals surface area contributed by atoms with Crippen molar-refractivity contribution < 1.29 is 4.74 Å². The van der Waals surface area contributed by atoms with Crippen LogP contribution in [0.3, 0.4) is 0 Å². The highest BCUT2D eigenvalue weighted by atomic mass is 16.5. The Balaban J connectivity index is 2.14. The molecule has 2 nitrogen and oxygen atoms in total. The van der Waals surface area contributed by atoms with Crippen molar-refractivity contribution in [3.8, 4) is 5.75 Å². The van der Waals surface area contributed by atoms with Gasteiger partial charge in [0.15, 0.2) is 0 Å². The zero-order valence-electron chi connectivity index (χ0n) is 9.12. The third-order valence-corrected chi connectivity index (χ3v) is 2.71. The van der Waals surface area contributed by atoms with Crippen LogP contribution in [-0.2, 0) is 0 Å². The van der Waals surface area contributed by atoms with E-state index in [4.69, 9.17) is 4.74 Å². The molecule has 0 spiro atoms. The van der Waals surface area contributed by atoms with Crippen molar-refractivity contribution in [2.75, 3.05) is 20.2 Å². The summed E-state index contributed by atoms with van der Waals surface area (Å²) in [4.78, 5) is 0. The summed E-state index contributed by atoms with van der Waals surface area (Å²) >= 11 is 0. The predicted octanol–water partition coefficient (Wildman–Crippen LogP) is 2.46. The summed E-state index contributed by atoms with van der Waals surface area (Å²) in [6, 6.07) is 8.21. The molecule has 0 saturated carbocycles. The van der Waals surface area contributed by atoms with E-state index in [2.05, 4.69) is 23.5 Å². The van der Waals surface area contributed by atoms with Crippen LogP contribution in [0.25, 0.3) is 6.08 Å². The van der Waals surface area contributed by atoms with Gasteiger partial charge in [-0.1, -0.05) is 23.8 Å². The molecule has 1 aromatic rings. The molecule has 0 aromatic heterocycles. The fraction of sp³-hybridized carbons (Fsp3) is 0.385. The summed E-state index contributed by atoms with van der Waals surface area (Å²) in [5.74, 6) is 0.929. The van der Waals surface area contributed by atoms with E-state index in [0.717, 1.165) is 31.7 Å². The number of nitrogens with one attached hydrogen (secondary N) is 1. The third-order valence-electron chi connectivity index (χ3n) is 2.71. The summed E-state index contributed by atoms with van der Waals surface area (Å²) in [7, 11) is 1.71. The lowest BCUT2D eigenvalue weighted by atomic mass is 10.0. The molecule has 1 N–H and O–H groups in total. The van der Waals surface area contributed by atoms with Gasteiger partial charge in [0.05, 0.1) is 7.11 Å². The average molecular weight is 203 g/mol. The molecule has 0 unspecified atom stereocenters. The summed E-state index contributed by atoms with van der Waals surface area (Å²) < 4.78 is 5.20. The van der Waals surface area contributed by atoms with E-state index in [1.807, 2.05) is 12.1 Å². The molecule has 1 aromatic carbocycles. The number of hydrogen-bond donors (Lipinski definition) is 1. The first kappa shape index (κ1) is 10.2. The molecule has 1 fully saturated rings. The second-order valence-electron chi connectivity index (χ2n) is 3.83. The van der Waals surface area contributed by atoms with E-state index in [9.17, 15) is 0 Å². The molecule has 0 amide bonds. The molecule has 15 heavy (non-hydrogen) atoms. The first-order valence-corrected chi connectivity index (χ1v) is 5.43. The third kappa shape index (κ3) is 2.83. The summed E-state index contributed by atoms with van der Waals surface area (Å²) in [6.07, 6.45) is 4.61. The lowest BCUT2D eigenvalue weighted by Crippen LogP contribution is -2.22. The first-order chi connectivity index (χ1) is 7.38. The van der Waals surface area contributed by atoms with Gasteiger partial charge in [0.2, 0.25) is 0 Å². The summed E-state index contributed by atoms with van der Waals surface area (Å²) in [5.41, 5.74) is 2.77. The van der Waals surface area contributed by atoms with E-state index in [-0.39, 0.29) is 0 Å². The van der Waals surface area contributed by atoms with Crippen LogP contribution in [0, 0.1) is 0 Å². The van der Waals surface area contributed by atoms with Crippen LogP contribution >= 0.6 is 0 Å². The Morgan fingerprint density at radius 1 is 1.27 bits per heavy atom. The van der Waals surface area contributed by atoms with Crippen molar-refractivity contribution in [2.45, 2.75) is 12.8 Å². The van der Waals surface area contributed by atoms with Gasteiger partial charge in [-0.2, -0.15) is 0 Å². The minimum atomic E-state index is 0.929. The standard InChI is InChI=1S/C13H17NO/c1-15-13-4-2-3-12(10-13)9-11-5-7-14-8-6-11/h2-4,9-10,14H,5-8H2,1H3. The molecule has 0 atom stereocenters. The van der Waals surface area contributed by atoms with E-state index in [1.165, 1.54) is 11.1 Å². The van der Waals surface area contributed by atoms with Crippen LogP contribution in [0.4, 0.5) is 0 Å². The van der Waals surface area contributed by atoms with Crippen molar-refractivity contribution in [2.24, 2.45) is 0 Å². The van der Waals surface area contributed by atoms with Gasteiger partial charge in [-0.3, -0.25) is 0 Å². The highest BCUT2D eigenvalue weighted by Gasteiger charge is 2.04. The van der Waals surface area contributed by atoms with Crippen LogP contribution in [0.15, 0.2) is 29.8 Å². The molecule has 0 radical (unpaired) electrons. The minimum Gasteiger partial charge on any atom is -0.497 e. The molecular formula is C13H17NO. The van der Waals surface area contributed by atoms with Gasteiger partial charge < -0.3 is 10.1 Å². The van der Waals surface area contributed by atoms with E-state index < -0.39 is 0 Å². The molecule has 0 bridgehead atoms. The highest BCUT2D eigenvalue weighted by Crippen LogP contribution is 2.18. The molecule has 0 aliphatic carbocycles. The maximum atomic E-state index is 5.20. The van der Waals surface area contributed by atoms with E-state index in [0.29, 0.717) is 0 Å². The van der Waals surface area contributed by atoms with Crippen LogP contribution in [0.5, 0.6) is 5.75 Å². The number of benzene rings is 1. The predicted molar refractivity (Wildman–Crippen MR) is 63.1 cm³/mol. The smallest absolute Gasteiger partial charge is 0.119 e. The van der Waals surface area contributed by atoms with Crippen LogP contribution in [0.2, 0.25) is 0 Å². The second-order valence-corrected chi connectivity index (χ2v) is 3.83. The first-order valence-electron chi connectivity index (χ1n) is 5.43. The number of ether oxygens (including phenoxy) is 1. The van der Waals surface area contributed by atoms with Crippen molar-refractivity contribution in [3.63, 3.8) is 0 Å². The van der Waals surface area contributed by atoms with Crippen molar-refractivity contribution in [3.05, 3.63) is 35.4 Å². The van der Waals surface area contributed by atoms with Crippen LogP contribution < -0.4 is 10.1 Å². The van der Waals surface area contributed by atoms with Gasteiger partial charge in [0.25, 0.3) is 0 Å². The summed E-state index contributed by atoms with van der Waals surface area (Å²) in [5, 5.41) is 3.36. The summed E-state index contributed by atoms with van der Waals surface area (Å²) in [6.45, 7) is 2.21. The maximum absolute atomic E-state index is 5.20. The monoisotopic (exact) mass is 203 g/mol. The van der Waals surface area contributed by atoms with E-state index >= 15 is 0 Å². The highest BCUT2D eigenvalue weighted by molar-refractivity contribution is 5.55. The number of hydrogen-bond acceptors (Lipinski definition) is 2. The Kier molecular flexibility index (Phi) is 3.41.